The van der Waals surface area contributed by atoms with E-state index in [-0.39, 0.29) is 29.7 Å². The van der Waals surface area contributed by atoms with Gasteiger partial charge in [-0.2, -0.15) is 0 Å². The number of halogens is 1. The Hall–Kier alpha value is -3.85. The standard InChI is InChI=1S/C21H20ClN5O4/c1-13-4-7-18(24-12-13)27-19(28)8-9-23-21(30)25-14-5-6-16(15(22)11-14)26-20(29)17-3-2-10-31-17/h2-7,10-12H,8-9H2,1H3,(H,26,29)(H2,23,25,30)(H,24,27,28). The van der Waals surface area contributed by atoms with Crippen LogP contribution in [0.3, 0.4) is 0 Å². The van der Waals surface area contributed by atoms with Crippen LogP contribution in [0.1, 0.15) is 22.5 Å². The highest BCUT2D eigenvalue weighted by Gasteiger charge is 2.12. The van der Waals surface area contributed by atoms with Crippen LogP contribution in [-0.4, -0.2) is 29.4 Å². The van der Waals surface area contributed by atoms with Crippen LogP contribution in [0, 0.1) is 6.92 Å². The van der Waals surface area contributed by atoms with Crippen LogP contribution in [0.2, 0.25) is 5.02 Å². The summed E-state index contributed by atoms with van der Waals surface area (Å²) in [6, 6.07) is 10.8. The van der Waals surface area contributed by atoms with Crippen molar-refractivity contribution in [3.63, 3.8) is 0 Å². The lowest BCUT2D eigenvalue weighted by Crippen LogP contribution is -2.31. The third-order valence-corrected chi connectivity index (χ3v) is 4.35. The molecule has 0 spiro atoms. The van der Waals surface area contributed by atoms with E-state index in [0.29, 0.717) is 17.2 Å². The zero-order chi connectivity index (χ0) is 22.2. The molecule has 4 N–H and O–H groups in total. The molecule has 10 heteroatoms. The highest BCUT2D eigenvalue weighted by molar-refractivity contribution is 6.34. The van der Waals surface area contributed by atoms with Gasteiger partial charge < -0.3 is 25.7 Å². The van der Waals surface area contributed by atoms with E-state index >= 15 is 0 Å². The van der Waals surface area contributed by atoms with E-state index in [4.69, 9.17) is 16.0 Å². The van der Waals surface area contributed by atoms with Crippen LogP contribution >= 0.6 is 11.6 Å². The van der Waals surface area contributed by atoms with Gasteiger partial charge in [0.05, 0.1) is 17.0 Å². The van der Waals surface area contributed by atoms with Gasteiger partial charge in [0.25, 0.3) is 5.91 Å². The third kappa shape index (κ3) is 6.58. The molecule has 3 rings (SSSR count). The predicted octanol–water partition coefficient (Wildman–Crippen LogP) is 4.04. The molecule has 0 unspecified atom stereocenters. The lowest BCUT2D eigenvalue weighted by atomic mass is 10.2. The number of anilines is 3. The number of aromatic nitrogens is 1. The molecule has 160 valence electrons. The fraction of sp³-hybridized carbons (Fsp3) is 0.143. The Bertz CT molecular complexity index is 1070. The second-order valence-electron chi connectivity index (χ2n) is 6.53. The predicted molar refractivity (Wildman–Crippen MR) is 117 cm³/mol. The molecule has 0 saturated carbocycles. The maximum absolute atomic E-state index is 12.0. The van der Waals surface area contributed by atoms with Crippen LogP contribution in [0.5, 0.6) is 0 Å². The van der Waals surface area contributed by atoms with Crippen LogP contribution in [-0.2, 0) is 4.79 Å². The number of furan rings is 1. The zero-order valence-electron chi connectivity index (χ0n) is 16.6. The molecule has 3 aromatic rings. The van der Waals surface area contributed by atoms with Gasteiger partial charge in [-0.15, -0.1) is 0 Å². The molecule has 1 aromatic carbocycles. The minimum Gasteiger partial charge on any atom is -0.459 e. The molecule has 0 aliphatic carbocycles. The number of aryl methyl sites for hydroxylation is 1. The number of nitrogens with one attached hydrogen (secondary N) is 4. The quantitative estimate of drug-likeness (QED) is 0.440. The van der Waals surface area contributed by atoms with E-state index in [0.717, 1.165) is 5.56 Å². The van der Waals surface area contributed by atoms with Gasteiger partial charge in [0.15, 0.2) is 5.76 Å². The highest BCUT2D eigenvalue weighted by atomic mass is 35.5. The maximum Gasteiger partial charge on any atom is 0.319 e. The van der Waals surface area contributed by atoms with Crippen molar-refractivity contribution in [2.45, 2.75) is 13.3 Å². The molecule has 2 aromatic heterocycles. The minimum absolute atomic E-state index is 0.0848. The van der Waals surface area contributed by atoms with Crippen molar-refractivity contribution in [1.82, 2.24) is 10.3 Å². The molecule has 0 aliphatic heterocycles. The summed E-state index contributed by atoms with van der Waals surface area (Å²) in [6.07, 6.45) is 3.13. The average Bonchev–Trinajstić information content (AvgIpc) is 3.27. The van der Waals surface area contributed by atoms with E-state index in [9.17, 15) is 14.4 Å². The summed E-state index contributed by atoms with van der Waals surface area (Å²) in [5.41, 5.74) is 1.78. The smallest absolute Gasteiger partial charge is 0.319 e. The number of pyridine rings is 1. The van der Waals surface area contributed by atoms with Crippen molar-refractivity contribution in [1.29, 1.82) is 0 Å². The van der Waals surface area contributed by atoms with E-state index in [1.54, 1.807) is 30.5 Å². The number of rotatable bonds is 7. The molecule has 9 nitrogen and oxygen atoms in total. The number of urea groups is 1. The Kier molecular flexibility index (Phi) is 7.23. The molecular weight excluding hydrogens is 422 g/mol. The topological polar surface area (TPSA) is 125 Å². The Labute approximate surface area is 183 Å². The second kappa shape index (κ2) is 10.3. The van der Waals surface area contributed by atoms with Crippen molar-refractivity contribution < 1.29 is 18.8 Å². The van der Waals surface area contributed by atoms with Crippen molar-refractivity contribution >= 4 is 46.6 Å². The van der Waals surface area contributed by atoms with Crippen LogP contribution in [0.15, 0.2) is 59.3 Å². The average molecular weight is 442 g/mol. The molecule has 2 heterocycles. The third-order valence-electron chi connectivity index (χ3n) is 4.04. The van der Waals surface area contributed by atoms with Gasteiger partial charge >= 0.3 is 6.03 Å². The van der Waals surface area contributed by atoms with Gasteiger partial charge in [-0.25, -0.2) is 9.78 Å². The molecule has 0 saturated heterocycles. The molecule has 31 heavy (non-hydrogen) atoms. The number of hydrogen-bond acceptors (Lipinski definition) is 5. The summed E-state index contributed by atoms with van der Waals surface area (Å²) < 4.78 is 5.02. The molecule has 4 amide bonds. The summed E-state index contributed by atoms with van der Waals surface area (Å²) >= 11 is 6.18. The first-order valence-corrected chi connectivity index (χ1v) is 9.70. The molecule has 0 aliphatic rings. The highest BCUT2D eigenvalue weighted by Crippen LogP contribution is 2.26. The van der Waals surface area contributed by atoms with Crippen molar-refractivity contribution in [2.24, 2.45) is 0 Å². The SMILES string of the molecule is Cc1ccc(NC(=O)CCNC(=O)Nc2ccc(NC(=O)c3ccco3)c(Cl)c2)nc1. The molecule has 0 atom stereocenters. The first-order valence-electron chi connectivity index (χ1n) is 9.32. The van der Waals surface area contributed by atoms with Gasteiger partial charge in [-0.3, -0.25) is 9.59 Å². The van der Waals surface area contributed by atoms with E-state index in [1.165, 1.54) is 18.4 Å². The second-order valence-corrected chi connectivity index (χ2v) is 6.93. The summed E-state index contributed by atoms with van der Waals surface area (Å²) in [5, 5.41) is 10.7. The van der Waals surface area contributed by atoms with Gasteiger partial charge in [-0.05, 0) is 48.9 Å². The van der Waals surface area contributed by atoms with Crippen LogP contribution < -0.4 is 21.3 Å². The number of benzene rings is 1. The lowest BCUT2D eigenvalue weighted by molar-refractivity contribution is -0.116. The van der Waals surface area contributed by atoms with Crippen molar-refractivity contribution in [3.05, 3.63) is 71.3 Å². The van der Waals surface area contributed by atoms with Gasteiger partial charge in [0.1, 0.15) is 5.82 Å². The number of carbonyl (C=O) groups excluding carboxylic acids is 3. The number of nitrogens with zero attached hydrogens (tertiary/aromatic N) is 1. The van der Waals surface area contributed by atoms with Crippen LogP contribution in [0.4, 0.5) is 22.0 Å². The number of carbonyl (C=O) groups is 3. The van der Waals surface area contributed by atoms with Crippen molar-refractivity contribution in [3.8, 4) is 0 Å². The lowest BCUT2D eigenvalue weighted by Gasteiger charge is -2.10. The zero-order valence-corrected chi connectivity index (χ0v) is 17.3. The Morgan fingerprint density at radius 2 is 1.90 bits per heavy atom. The molecular formula is C21H20ClN5O4. The minimum atomic E-state index is -0.496. The first kappa shape index (κ1) is 21.8. The Morgan fingerprint density at radius 3 is 2.58 bits per heavy atom. The Balaban J connectivity index is 1.43. The summed E-state index contributed by atoms with van der Waals surface area (Å²) in [4.78, 5) is 40.0. The largest absolute Gasteiger partial charge is 0.459 e. The monoisotopic (exact) mass is 441 g/mol. The van der Waals surface area contributed by atoms with Gasteiger partial charge in [0.2, 0.25) is 5.91 Å². The van der Waals surface area contributed by atoms with Gasteiger partial charge in [0, 0.05) is 24.8 Å². The van der Waals surface area contributed by atoms with E-state index in [2.05, 4.69) is 26.3 Å². The fourth-order valence-electron chi connectivity index (χ4n) is 2.50. The number of hydrogen-bond donors (Lipinski definition) is 4. The summed E-state index contributed by atoms with van der Waals surface area (Å²) in [5.74, 6) is -0.102. The summed E-state index contributed by atoms with van der Waals surface area (Å²) in [6.45, 7) is 2.04. The number of amides is 4. The maximum atomic E-state index is 12.0. The first-order chi connectivity index (χ1) is 14.9. The fourth-order valence-corrected chi connectivity index (χ4v) is 2.73. The van der Waals surface area contributed by atoms with E-state index < -0.39 is 11.9 Å². The van der Waals surface area contributed by atoms with Gasteiger partial charge in [-0.1, -0.05) is 17.7 Å². The van der Waals surface area contributed by atoms with E-state index in [1.807, 2.05) is 13.0 Å². The summed E-state index contributed by atoms with van der Waals surface area (Å²) in [7, 11) is 0. The van der Waals surface area contributed by atoms with Crippen LogP contribution in [0.25, 0.3) is 0 Å². The molecule has 0 bridgehead atoms. The van der Waals surface area contributed by atoms with Crippen molar-refractivity contribution in [2.75, 3.05) is 22.5 Å². The molecule has 0 radical (unpaired) electrons. The normalized spacial score (nSPS) is 10.3. The molecule has 0 fully saturated rings. The Morgan fingerprint density at radius 1 is 1.06 bits per heavy atom.